The molecule has 0 amide bonds. The van der Waals surface area contributed by atoms with E-state index in [1.807, 2.05) is 39.8 Å². The zero-order chi connectivity index (χ0) is 57.0. The zero-order valence-corrected chi connectivity index (χ0v) is 55.6. The third-order valence-electron chi connectivity index (χ3n) is 13.8. The zero-order valence-electron chi connectivity index (χ0n) is 48.2. The molecule has 28 heteroatoms. The van der Waals surface area contributed by atoms with Crippen LogP contribution in [0, 0.1) is 0 Å². The van der Waals surface area contributed by atoms with Crippen molar-refractivity contribution in [1.82, 2.24) is 59.5 Å². The number of fused-ring (bicyclic) bond motifs is 19. The molecular weight excluding hydrogens is 1250 g/mol. The number of nitrogens with zero attached hydrogens (tertiary/aromatic N) is 11. The predicted octanol–water partition coefficient (Wildman–Crippen LogP) is 5.49. The Labute approximate surface area is 578 Å². The van der Waals surface area contributed by atoms with Gasteiger partial charge >= 0.3 is 76.2 Å². The van der Waals surface area contributed by atoms with E-state index in [0.717, 1.165) is 148 Å². The van der Waals surface area contributed by atoms with Crippen LogP contribution < -0.4 is 84.4 Å². The van der Waals surface area contributed by atoms with Gasteiger partial charge in [0.15, 0.2) is 0 Å². The van der Waals surface area contributed by atoms with Gasteiger partial charge in [-0.05, 0) is 142 Å². The molecule has 11 rings (SSSR count). The number of anilines is 3. The van der Waals surface area contributed by atoms with Crippen molar-refractivity contribution in [2.75, 3.05) is 35.7 Å². The fraction of sp³-hybridized carbons (Fsp3) is 0.517. The van der Waals surface area contributed by atoms with Crippen molar-refractivity contribution in [2.24, 2.45) is 0 Å². The molecule has 22 nitrogen and oxygen atoms in total. The molecule has 0 unspecified atom stereocenters. The van der Waals surface area contributed by atoms with Crippen LogP contribution in [0.15, 0.2) is 53.4 Å². The molecule has 0 fully saturated rings. The summed E-state index contributed by atoms with van der Waals surface area (Å²) in [6.45, 7) is 8.43. The number of para-hydroxylation sites is 1. The molecule has 0 saturated carbocycles. The molecule has 477 valence electrons. The summed E-state index contributed by atoms with van der Waals surface area (Å²) in [6.07, 6.45) is 17.1. The Hall–Kier alpha value is -4.12. The second-order valence-corrected chi connectivity index (χ2v) is 24.1. The summed E-state index contributed by atoms with van der Waals surface area (Å²) >= 11 is 0. The van der Waals surface area contributed by atoms with Crippen LogP contribution in [0.25, 0.3) is 56.5 Å². The molecule has 0 atom stereocenters. The van der Waals surface area contributed by atoms with Crippen LogP contribution in [0.1, 0.15) is 188 Å². The van der Waals surface area contributed by atoms with Gasteiger partial charge in [0.05, 0.1) is 50.3 Å². The molecule has 6 heterocycles. The molecule has 1 radical (unpaired) electrons. The minimum atomic E-state index is -4.77. The molecule has 0 spiro atoms. The van der Waals surface area contributed by atoms with Crippen molar-refractivity contribution in [3.05, 3.63) is 88.3 Å². The minimum absolute atomic E-state index is 0. The van der Waals surface area contributed by atoms with E-state index in [1.165, 1.54) is 51.6 Å². The van der Waals surface area contributed by atoms with Crippen LogP contribution >= 0.6 is 0 Å². The van der Waals surface area contributed by atoms with Crippen LogP contribution in [0.4, 0.5) is 17.6 Å². The van der Waals surface area contributed by atoms with E-state index in [2.05, 4.69) is 42.4 Å². The van der Waals surface area contributed by atoms with E-state index < -0.39 is 40.9 Å². The molecule has 3 N–H and O–H groups in total. The number of aryl methyl sites for hydroxylation is 5. The third kappa shape index (κ3) is 22.0. The van der Waals surface area contributed by atoms with Crippen LogP contribution in [-0.4, -0.2) is 104 Å². The first-order chi connectivity index (χ1) is 38.5. The second-order valence-electron chi connectivity index (χ2n) is 19.4. The van der Waals surface area contributed by atoms with E-state index in [1.54, 1.807) is 0 Å². The standard InChI is InChI=1S/C32H28N8.C19H30N6O8S3.2C2H6.5CH4.Cu.2Na/c1-2-10-18-17(9-1)25-33-26(18)38-28-21-13-5-6-14-22(21)30(35-28)40-32-24-16-8-7-15-23(24)31(36-32)39-29-20-12-4-3-11-19(20)27(34-29)37-25;1-34(26,27)21-13-7-3-2-4-11-17-23-18(20-12-8-14-35(28,29)30)25-19(24-17)22-15-9-5-6-10-16(15)36(31,32)33;2*1-2;;;;;;;;/h1-2,9-10H,3-8,11-16H2;5-6,9-10,21H,2-4,7-8,11-14H2,1H3,(H,28,29,30)(H,31,32,33)(H2,20,22,23,24,25);2*1-2H3;5*1H4;;;/q-2;;;;;;;;;+2;2*+1/p-2. The quantitative estimate of drug-likeness (QED) is 0.0612. The van der Waals surface area contributed by atoms with E-state index >= 15 is 0 Å². The average molecular weight is 1340 g/mol. The summed E-state index contributed by atoms with van der Waals surface area (Å²) < 4.78 is 91.6. The minimum Gasteiger partial charge on any atom is -0.748 e. The summed E-state index contributed by atoms with van der Waals surface area (Å²) in [5.74, 6) is 2.71. The number of hydrogen-bond donors (Lipinski definition) is 3. The van der Waals surface area contributed by atoms with Gasteiger partial charge < -0.3 is 49.6 Å². The summed E-state index contributed by atoms with van der Waals surface area (Å²) in [4.78, 5) is 52.8. The van der Waals surface area contributed by atoms with Crippen molar-refractivity contribution >= 4 is 81.6 Å². The Morgan fingerprint density at radius 1 is 0.489 bits per heavy atom. The summed E-state index contributed by atoms with van der Waals surface area (Å²) in [7, 11) is -12.4. The van der Waals surface area contributed by atoms with Crippen molar-refractivity contribution < 1.29 is 111 Å². The molecule has 5 aliphatic rings. The molecule has 8 bridgehead atoms. The van der Waals surface area contributed by atoms with Crippen LogP contribution in [0.2, 0.25) is 0 Å². The fourth-order valence-corrected chi connectivity index (χ4v) is 11.8. The topological polar surface area (TPSA) is 329 Å². The summed E-state index contributed by atoms with van der Waals surface area (Å²) in [6, 6.07) is 13.7. The average Bonchev–Trinajstić information content (AvgIpc) is 2.77. The number of aromatic nitrogens is 11. The van der Waals surface area contributed by atoms with Crippen molar-refractivity contribution in [3.8, 4) is 22.8 Å². The molecule has 0 saturated heterocycles. The molecule has 2 aromatic carbocycles. The number of nitrogens with one attached hydrogen (secondary N) is 3. The first-order valence-corrected chi connectivity index (χ1v) is 32.6. The maximum atomic E-state index is 11.6. The fourth-order valence-electron chi connectivity index (χ4n) is 10.2. The van der Waals surface area contributed by atoms with Crippen molar-refractivity contribution in [1.29, 1.82) is 0 Å². The predicted molar refractivity (Wildman–Crippen MR) is 340 cm³/mol. The summed E-state index contributed by atoms with van der Waals surface area (Å²) in [5.41, 5.74) is 12.3. The Morgan fingerprint density at radius 3 is 1.38 bits per heavy atom. The van der Waals surface area contributed by atoms with Crippen LogP contribution in [0.3, 0.4) is 0 Å². The maximum absolute atomic E-state index is 11.6. The van der Waals surface area contributed by atoms with Gasteiger partial charge in [0.25, 0.3) is 0 Å². The molecule has 2 aliphatic heterocycles. The van der Waals surface area contributed by atoms with E-state index in [0.29, 0.717) is 43.3 Å². The van der Waals surface area contributed by atoms with Gasteiger partial charge in [0.2, 0.25) is 21.9 Å². The Balaban J connectivity index is 0.00000151. The number of rotatable bonds is 16. The normalized spacial score (nSPS) is 13.3. The van der Waals surface area contributed by atoms with E-state index in [9.17, 15) is 34.4 Å². The molecule has 6 aromatic rings. The van der Waals surface area contributed by atoms with Gasteiger partial charge in [-0.1, -0.05) is 114 Å². The maximum Gasteiger partial charge on any atom is 2.00 e. The monoisotopic (exact) mass is 1340 g/mol. The first-order valence-electron chi connectivity index (χ1n) is 27.7. The molecule has 88 heavy (non-hydrogen) atoms. The number of benzene rings is 2. The third-order valence-corrected chi connectivity index (χ3v) is 16.2. The van der Waals surface area contributed by atoms with Gasteiger partial charge in [0, 0.05) is 59.0 Å². The van der Waals surface area contributed by atoms with E-state index in [-0.39, 0.29) is 144 Å². The number of sulfonamides is 1. The molecule has 3 aliphatic carbocycles. The number of allylic oxidation sites excluding steroid dienone is 2. The van der Waals surface area contributed by atoms with Crippen LogP contribution in [0.5, 0.6) is 0 Å². The number of unbranched alkanes of at least 4 members (excludes halogenated alkanes) is 3. The first kappa shape index (κ1) is 83.9. The second kappa shape index (κ2) is 38.7. The molecular formula is C60H88CuN14Na2O8S3. The van der Waals surface area contributed by atoms with Crippen molar-refractivity contribution in [3.63, 3.8) is 0 Å². The smallest absolute Gasteiger partial charge is 0.748 e. The Kier molecular flexibility index (Phi) is 36.9. The summed E-state index contributed by atoms with van der Waals surface area (Å²) in [5, 5.41) is 5.52. The SMILES string of the molecule is C.C.C.C.C.CC.CC.CS(=O)(=O)NCCCCCCc1nc(NCCCS(=O)(=O)[O-])nc(Nc2ccccc2S(=O)(=O)[O-])n1.[Cu+2].[Na+].[Na+].c1ccc2c(c1)-c1nc-2nc2[n-]c(nc3nc(nc4[n-]c(n1)c1c4CCCC1)C1=C3CCCC1)c1c2CCCC1. The largest absolute Gasteiger partial charge is 2.00 e. The van der Waals surface area contributed by atoms with Gasteiger partial charge in [-0.2, -0.15) is 15.0 Å². The van der Waals surface area contributed by atoms with Crippen molar-refractivity contribution in [2.45, 2.75) is 185 Å². The Bertz CT molecular complexity index is 3640. The van der Waals surface area contributed by atoms with Gasteiger partial charge in [-0.15, -0.1) is 0 Å². The number of hydrogen-bond acceptors (Lipinski definition) is 19. The molecule has 4 aromatic heterocycles. The van der Waals surface area contributed by atoms with Gasteiger partial charge in [0.1, 0.15) is 15.9 Å². The van der Waals surface area contributed by atoms with E-state index in [4.69, 9.17) is 39.9 Å². The van der Waals surface area contributed by atoms with Gasteiger partial charge in [-0.25, -0.2) is 39.9 Å². The Morgan fingerprint density at radius 2 is 0.909 bits per heavy atom. The van der Waals surface area contributed by atoms with Gasteiger partial charge in [-0.3, -0.25) is 0 Å². The van der Waals surface area contributed by atoms with Crippen LogP contribution in [-0.2, 0) is 79.4 Å².